The summed E-state index contributed by atoms with van der Waals surface area (Å²) in [6.07, 6.45) is 8.91. The van der Waals surface area contributed by atoms with Crippen LogP contribution in [0.4, 0.5) is 8.78 Å². The van der Waals surface area contributed by atoms with Crippen molar-refractivity contribution in [3.63, 3.8) is 0 Å². The number of amides is 1. The monoisotopic (exact) mass is 541 g/mol. The third-order valence-electron chi connectivity index (χ3n) is 6.04. The molecule has 1 saturated carbocycles. The Morgan fingerprint density at radius 3 is 2.87 bits per heavy atom. The molecule has 1 amide bonds. The maximum atomic E-state index is 14.0. The lowest BCUT2D eigenvalue weighted by Crippen LogP contribution is -2.32. The fourth-order valence-electron chi connectivity index (χ4n) is 4.20. The highest BCUT2D eigenvalue weighted by atomic mass is 127. The highest BCUT2D eigenvalue weighted by Crippen LogP contribution is 2.29. The Morgan fingerprint density at radius 2 is 2.13 bits per heavy atom. The van der Waals surface area contributed by atoms with Crippen molar-refractivity contribution in [1.29, 1.82) is 0 Å². The van der Waals surface area contributed by atoms with Gasteiger partial charge in [0, 0.05) is 16.7 Å². The van der Waals surface area contributed by atoms with Gasteiger partial charge in [0.15, 0.2) is 11.4 Å². The van der Waals surface area contributed by atoms with E-state index in [2.05, 4.69) is 32.9 Å². The van der Waals surface area contributed by atoms with Crippen molar-refractivity contribution in [1.82, 2.24) is 14.7 Å². The summed E-state index contributed by atoms with van der Waals surface area (Å²) in [5.41, 5.74) is 1.50. The third-order valence-corrected chi connectivity index (χ3v) is 7.28. The van der Waals surface area contributed by atoms with E-state index in [0.29, 0.717) is 35.2 Å². The quantitative estimate of drug-likeness (QED) is 0.408. The molecule has 2 heterocycles. The van der Waals surface area contributed by atoms with Crippen LogP contribution in [0.3, 0.4) is 0 Å². The number of hydrogen-bond donors (Lipinski definition) is 1. The van der Waals surface area contributed by atoms with Crippen LogP contribution >= 0.6 is 22.6 Å². The Bertz CT molecular complexity index is 1010. The first kappa shape index (κ1) is 22.2. The van der Waals surface area contributed by atoms with Gasteiger partial charge in [0.25, 0.3) is 5.91 Å². The van der Waals surface area contributed by atoms with Crippen LogP contribution in [0.5, 0.6) is 5.75 Å². The first-order chi connectivity index (χ1) is 14.9. The molecule has 2 aliphatic rings. The zero-order valence-electron chi connectivity index (χ0n) is 17.4. The second-order valence-electron chi connectivity index (χ2n) is 8.24. The number of halogens is 3. The second-order valence-corrected chi connectivity index (χ2v) is 10.00. The van der Waals surface area contributed by atoms with Gasteiger partial charge in [0.2, 0.25) is 0 Å². The fraction of sp³-hybridized carbons (Fsp3) is 0.478. The predicted octanol–water partition coefficient (Wildman–Crippen LogP) is 5.12. The molecule has 1 N–H and O–H groups in total. The molecular weight excluding hydrogens is 515 g/mol. The molecule has 2 aliphatic carbocycles. The molecule has 31 heavy (non-hydrogen) atoms. The van der Waals surface area contributed by atoms with Gasteiger partial charge in [-0.25, -0.2) is 13.8 Å². The lowest BCUT2D eigenvalue weighted by Gasteiger charge is -2.25. The molecule has 0 saturated heterocycles. The molecule has 2 atom stereocenters. The number of rotatable bonds is 6. The lowest BCUT2D eigenvalue weighted by atomic mass is 9.89. The van der Waals surface area contributed by atoms with E-state index in [1.807, 2.05) is 0 Å². The van der Waals surface area contributed by atoms with Gasteiger partial charge in [-0.2, -0.15) is 0 Å². The summed E-state index contributed by atoms with van der Waals surface area (Å²) in [6.45, 7) is 2.28. The van der Waals surface area contributed by atoms with E-state index in [1.54, 1.807) is 29.7 Å². The molecule has 1 fully saturated rings. The van der Waals surface area contributed by atoms with E-state index < -0.39 is 17.9 Å². The number of allylic oxidation sites excluding steroid dienone is 3. The van der Waals surface area contributed by atoms with Crippen LogP contribution in [0, 0.1) is 18.8 Å². The number of carbonyl (C=O) groups is 1. The van der Waals surface area contributed by atoms with Crippen LogP contribution < -0.4 is 10.1 Å². The molecule has 0 radical (unpaired) electrons. The van der Waals surface area contributed by atoms with Crippen molar-refractivity contribution in [2.45, 2.75) is 42.7 Å². The highest BCUT2D eigenvalue weighted by molar-refractivity contribution is 14.1. The zero-order chi connectivity index (χ0) is 22.0. The summed E-state index contributed by atoms with van der Waals surface area (Å²) >= 11 is 2.50. The lowest BCUT2D eigenvalue weighted by molar-refractivity contribution is 0.0937. The van der Waals surface area contributed by atoms with Gasteiger partial charge in [-0.3, -0.25) is 9.20 Å². The summed E-state index contributed by atoms with van der Waals surface area (Å²) in [5, 5.41) is 3.06. The van der Waals surface area contributed by atoms with E-state index in [-0.39, 0.29) is 12.5 Å². The molecule has 2 unspecified atom stereocenters. The molecule has 4 rings (SSSR count). The fourth-order valence-corrected chi connectivity index (χ4v) is 4.92. The number of fused-ring (bicyclic) bond motifs is 1. The Kier molecular flexibility index (Phi) is 6.93. The van der Waals surface area contributed by atoms with Crippen LogP contribution in [0.15, 0.2) is 42.4 Å². The average molecular weight is 541 g/mol. The number of carbonyl (C=O) groups excluding carboxylic acids is 1. The average Bonchev–Trinajstić information content (AvgIpc) is 3.09. The summed E-state index contributed by atoms with van der Waals surface area (Å²) in [7, 11) is 0. The molecule has 2 aromatic rings. The van der Waals surface area contributed by atoms with E-state index in [9.17, 15) is 13.6 Å². The predicted molar refractivity (Wildman–Crippen MR) is 124 cm³/mol. The summed E-state index contributed by atoms with van der Waals surface area (Å²) in [5.74, 6) is -0.803. The minimum Gasteiger partial charge on any atom is -0.489 e. The third kappa shape index (κ3) is 4.94. The molecule has 166 valence electrons. The molecule has 2 aromatic heterocycles. The molecular formula is C23H26F2IN3O2. The minimum absolute atomic E-state index is 0.152. The van der Waals surface area contributed by atoms with Gasteiger partial charge in [-0.15, -0.1) is 0 Å². The van der Waals surface area contributed by atoms with Gasteiger partial charge in [-0.1, -0.05) is 28.7 Å². The first-order valence-electron chi connectivity index (χ1n) is 10.6. The smallest absolute Gasteiger partial charge is 0.270 e. The standard InChI is InChI=1S/C23H26F2IN3O2/c1-14-21(23(30)27-12-15-7-9-16(26)10-8-15)29-11-3-6-20(22(29)28-14)31-13-17-18(24)4-2-5-19(17)25/h2-6,11,15-18H,7-10,12-13H2,1H3,(H,27,30). The molecule has 0 bridgehead atoms. The van der Waals surface area contributed by atoms with Gasteiger partial charge in [0.05, 0.1) is 11.6 Å². The number of hydrogen-bond acceptors (Lipinski definition) is 3. The molecule has 0 spiro atoms. The number of aryl methyl sites for hydroxylation is 1. The molecule has 5 nitrogen and oxygen atoms in total. The Labute approximate surface area is 194 Å². The van der Waals surface area contributed by atoms with E-state index >= 15 is 0 Å². The van der Waals surface area contributed by atoms with Crippen LogP contribution in [0.1, 0.15) is 41.9 Å². The normalized spacial score (nSPS) is 26.0. The van der Waals surface area contributed by atoms with Gasteiger partial charge in [0.1, 0.15) is 24.3 Å². The number of alkyl halides is 2. The Hall–Kier alpha value is -1.97. The molecule has 0 aliphatic heterocycles. The summed E-state index contributed by atoms with van der Waals surface area (Å²) < 4.78 is 36.2. The second kappa shape index (κ2) is 9.67. The topological polar surface area (TPSA) is 55.6 Å². The van der Waals surface area contributed by atoms with E-state index in [0.717, 1.165) is 16.8 Å². The van der Waals surface area contributed by atoms with Gasteiger partial charge < -0.3 is 10.1 Å². The van der Waals surface area contributed by atoms with E-state index in [4.69, 9.17) is 4.74 Å². The number of nitrogens with zero attached hydrogens (tertiary/aromatic N) is 2. The van der Waals surface area contributed by atoms with Crippen molar-refractivity contribution in [3.8, 4) is 5.75 Å². The maximum absolute atomic E-state index is 14.0. The van der Waals surface area contributed by atoms with Crippen LogP contribution in [-0.4, -0.2) is 38.5 Å². The number of imidazole rings is 1. The van der Waals surface area contributed by atoms with Crippen LogP contribution in [0.25, 0.3) is 5.65 Å². The van der Waals surface area contributed by atoms with Crippen molar-refractivity contribution in [2.24, 2.45) is 11.8 Å². The van der Waals surface area contributed by atoms with Crippen molar-refractivity contribution >= 4 is 34.1 Å². The summed E-state index contributed by atoms with van der Waals surface area (Å²) in [4.78, 5) is 17.4. The minimum atomic E-state index is -1.44. The van der Waals surface area contributed by atoms with Crippen LogP contribution in [-0.2, 0) is 0 Å². The highest BCUT2D eigenvalue weighted by Gasteiger charge is 2.27. The summed E-state index contributed by atoms with van der Waals surface area (Å²) in [6, 6.07) is 3.43. The number of ether oxygens (including phenoxy) is 1. The Balaban J connectivity index is 1.47. The van der Waals surface area contributed by atoms with Gasteiger partial charge >= 0.3 is 0 Å². The van der Waals surface area contributed by atoms with Gasteiger partial charge in [-0.05, 0) is 62.8 Å². The van der Waals surface area contributed by atoms with Crippen molar-refractivity contribution in [2.75, 3.05) is 13.2 Å². The molecule has 0 aromatic carbocycles. The van der Waals surface area contributed by atoms with Crippen molar-refractivity contribution in [3.05, 3.63) is 53.8 Å². The van der Waals surface area contributed by atoms with Crippen LogP contribution in [0.2, 0.25) is 0 Å². The zero-order valence-corrected chi connectivity index (χ0v) is 19.5. The SMILES string of the molecule is Cc1nc2c(OCC3C(F)=CC=CC3F)cccn2c1C(=O)NCC1CCC(I)CC1. The molecule has 8 heteroatoms. The van der Waals surface area contributed by atoms with Crippen molar-refractivity contribution < 1.29 is 18.3 Å². The maximum Gasteiger partial charge on any atom is 0.270 e. The number of pyridine rings is 1. The number of aromatic nitrogens is 2. The largest absolute Gasteiger partial charge is 0.489 e. The Morgan fingerprint density at radius 1 is 1.35 bits per heavy atom. The van der Waals surface area contributed by atoms with E-state index in [1.165, 1.54) is 31.1 Å². The first-order valence-corrected chi connectivity index (χ1v) is 11.9. The number of nitrogens with one attached hydrogen (secondary N) is 1.